The van der Waals surface area contributed by atoms with E-state index in [-0.39, 0.29) is 11.5 Å². The zero-order valence-electron chi connectivity index (χ0n) is 10.4. The molecule has 2 aromatic rings. The average Bonchev–Trinajstić information content (AvgIpc) is 2.39. The molecule has 0 aliphatic heterocycles. The maximum atomic E-state index is 8.91. The SMILES string of the molecule is OB(O)Oc1ccccc1-c1ccccc1OB(O)O. The van der Waals surface area contributed by atoms with Crippen molar-refractivity contribution in [1.82, 2.24) is 0 Å². The first kappa shape index (κ1) is 14.4. The fraction of sp³-hybridized carbons (Fsp3) is 0. The van der Waals surface area contributed by atoms with E-state index < -0.39 is 14.6 Å². The number of rotatable bonds is 5. The summed E-state index contributed by atoms with van der Waals surface area (Å²) < 4.78 is 9.78. The summed E-state index contributed by atoms with van der Waals surface area (Å²) >= 11 is 0. The molecule has 0 atom stereocenters. The lowest BCUT2D eigenvalue weighted by Gasteiger charge is -2.15. The normalized spacial score (nSPS) is 10.0. The number of benzene rings is 2. The van der Waals surface area contributed by atoms with E-state index in [4.69, 9.17) is 29.4 Å². The first-order valence-electron chi connectivity index (χ1n) is 5.82. The Bertz CT molecular complexity index is 524. The fourth-order valence-electron chi connectivity index (χ4n) is 1.81. The summed E-state index contributed by atoms with van der Waals surface area (Å²) in [7, 11) is -3.90. The minimum Gasteiger partial charge on any atom is -0.512 e. The van der Waals surface area contributed by atoms with E-state index >= 15 is 0 Å². The van der Waals surface area contributed by atoms with Gasteiger partial charge in [-0.05, 0) is 12.1 Å². The highest BCUT2D eigenvalue weighted by Gasteiger charge is 2.19. The molecule has 20 heavy (non-hydrogen) atoms. The van der Waals surface area contributed by atoms with Crippen LogP contribution in [0.4, 0.5) is 0 Å². The Hall–Kier alpha value is -1.99. The molecule has 8 heteroatoms. The van der Waals surface area contributed by atoms with Crippen LogP contribution in [0.2, 0.25) is 0 Å². The van der Waals surface area contributed by atoms with Crippen molar-refractivity contribution < 1.29 is 29.4 Å². The Labute approximate surface area is 116 Å². The average molecular weight is 274 g/mol. The second-order valence-corrected chi connectivity index (χ2v) is 3.88. The van der Waals surface area contributed by atoms with Crippen molar-refractivity contribution in [3.8, 4) is 22.6 Å². The molecule has 0 fully saturated rings. The van der Waals surface area contributed by atoms with Gasteiger partial charge in [-0.1, -0.05) is 36.4 Å². The predicted molar refractivity (Wildman–Crippen MR) is 73.5 cm³/mol. The van der Waals surface area contributed by atoms with Gasteiger partial charge >= 0.3 is 14.6 Å². The van der Waals surface area contributed by atoms with Crippen LogP contribution in [0.3, 0.4) is 0 Å². The molecule has 0 bridgehead atoms. The third-order valence-corrected chi connectivity index (χ3v) is 2.53. The van der Waals surface area contributed by atoms with Gasteiger partial charge in [0, 0.05) is 11.1 Å². The smallest absolute Gasteiger partial charge is 0.512 e. The van der Waals surface area contributed by atoms with Crippen LogP contribution in [0.15, 0.2) is 48.5 Å². The van der Waals surface area contributed by atoms with Gasteiger partial charge in [-0.2, -0.15) is 0 Å². The molecule has 0 unspecified atom stereocenters. The molecule has 0 aliphatic carbocycles. The van der Waals surface area contributed by atoms with Crippen LogP contribution in [0, 0.1) is 0 Å². The third-order valence-electron chi connectivity index (χ3n) is 2.53. The monoisotopic (exact) mass is 274 g/mol. The van der Waals surface area contributed by atoms with Crippen molar-refractivity contribution >= 4 is 14.6 Å². The topological polar surface area (TPSA) is 99.4 Å². The van der Waals surface area contributed by atoms with Crippen molar-refractivity contribution in [3.05, 3.63) is 48.5 Å². The summed E-state index contributed by atoms with van der Waals surface area (Å²) in [5, 5.41) is 35.7. The van der Waals surface area contributed by atoms with Gasteiger partial charge in [-0.3, -0.25) is 0 Å². The van der Waals surface area contributed by atoms with Crippen LogP contribution in [0.25, 0.3) is 11.1 Å². The molecule has 0 saturated heterocycles. The number of para-hydroxylation sites is 2. The van der Waals surface area contributed by atoms with Crippen molar-refractivity contribution in [2.45, 2.75) is 0 Å². The lowest BCUT2D eigenvalue weighted by Crippen LogP contribution is -2.22. The minimum atomic E-state index is -1.95. The van der Waals surface area contributed by atoms with Crippen LogP contribution >= 0.6 is 0 Å². The van der Waals surface area contributed by atoms with E-state index in [1.807, 2.05) is 0 Å². The molecule has 0 aromatic heterocycles. The van der Waals surface area contributed by atoms with Crippen LogP contribution in [-0.4, -0.2) is 34.7 Å². The first-order chi connectivity index (χ1) is 9.58. The predicted octanol–water partition coefficient (Wildman–Crippen LogP) is 0.0502. The van der Waals surface area contributed by atoms with Gasteiger partial charge in [0.15, 0.2) is 0 Å². The van der Waals surface area contributed by atoms with E-state index in [1.54, 1.807) is 48.5 Å². The standard InChI is InChI=1S/C12H12B2O6/c15-13(16)19-11-7-3-1-5-9(11)10-6-2-4-8-12(10)20-14(17)18/h1-8,15-18H. The molecule has 0 aliphatic rings. The summed E-state index contributed by atoms with van der Waals surface area (Å²) in [6.07, 6.45) is 0. The second-order valence-electron chi connectivity index (χ2n) is 3.88. The first-order valence-corrected chi connectivity index (χ1v) is 5.82. The van der Waals surface area contributed by atoms with Crippen LogP contribution in [0.1, 0.15) is 0 Å². The summed E-state index contributed by atoms with van der Waals surface area (Å²) in [4.78, 5) is 0. The van der Waals surface area contributed by atoms with Crippen LogP contribution in [-0.2, 0) is 0 Å². The highest BCUT2D eigenvalue weighted by atomic mass is 16.6. The van der Waals surface area contributed by atoms with E-state index in [0.717, 1.165) is 0 Å². The van der Waals surface area contributed by atoms with E-state index in [0.29, 0.717) is 11.1 Å². The Balaban J connectivity index is 2.46. The second kappa shape index (κ2) is 6.44. The zero-order valence-corrected chi connectivity index (χ0v) is 10.4. The van der Waals surface area contributed by atoms with E-state index in [1.165, 1.54) is 0 Å². The summed E-state index contributed by atoms with van der Waals surface area (Å²) in [6, 6.07) is 13.3. The van der Waals surface area contributed by atoms with Crippen molar-refractivity contribution in [3.63, 3.8) is 0 Å². The van der Waals surface area contributed by atoms with Crippen LogP contribution < -0.4 is 9.31 Å². The molecule has 2 aromatic carbocycles. The fourth-order valence-corrected chi connectivity index (χ4v) is 1.81. The highest BCUT2D eigenvalue weighted by molar-refractivity contribution is 6.34. The minimum absolute atomic E-state index is 0.228. The molecular formula is C12H12B2O6. The number of hydrogen-bond donors (Lipinski definition) is 4. The van der Waals surface area contributed by atoms with E-state index in [9.17, 15) is 0 Å². The molecular weight excluding hydrogens is 262 g/mol. The maximum absolute atomic E-state index is 8.91. The zero-order chi connectivity index (χ0) is 14.5. The third kappa shape index (κ3) is 3.52. The van der Waals surface area contributed by atoms with E-state index in [2.05, 4.69) is 0 Å². The van der Waals surface area contributed by atoms with Gasteiger partial charge in [0.2, 0.25) is 0 Å². The molecule has 6 nitrogen and oxygen atoms in total. The maximum Gasteiger partial charge on any atom is 0.707 e. The Morgan fingerprint density at radius 3 is 1.30 bits per heavy atom. The van der Waals surface area contributed by atoms with Crippen molar-refractivity contribution in [2.75, 3.05) is 0 Å². The van der Waals surface area contributed by atoms with Crippen molar-refractivity contribution in [1.29, 1.82) is 0 Å². The quantitative estimate of drug-likeness (QED) is 0.575. The summed E-state index contributed by atoms with van der Waals surface area (Å²) in [5.41, 5.74) is 1.05. The molecule has 0 spiro atoms. The van der Waals surface area contributed by atoms with Gasteiger partial charge in [-0.15, -0.1) is 0 Å². The molecule has 0 saturated carbocycles. The summed E-state index contributed by atoms with van der Waals surface area (Å²) in [6.45, 7) is 0. The molecule has 0 amide bonds. The van der Waals surface area contributed by atoms with Gasteiger partial charge in [-0.25, -0.2) is 0 Å². The van der Waals surface area contributed by atoms with Crippen molar-refractivity contribution in [2.24, 2.45) is 0 Å². The Kier molecular flexibility index (Phi) is 4.65. The molecule has 2 rings (SSSR count). The van der Waals surface area contributed by atoms with Crippen LogP contribution in [0.5, 0.6) is 11.5 Å². The molecule has 4 N–H and O–H groups in total. The lowest BCUT2D eigenvalue weighted by atomic mass is 10.0. The largest absolute Gasteiger partial charge is 0.707 e. The lowest BCUT2D eigenvalue weighted by molar-refractivity contribution is 0.285. The number of hydrogen-bond acceptors (Lipinski definition) is 6. The molecule has 0 radical (unpaired) electrons. The molecule has 102 valence electrons. The van der Waals surface area contributed by atoms with Gasteiger partial charge in [0.1, 0.15) is 11.5 Å². The Morgan fingerprint density at radius 2 is 0.950 bits per heavy atom. The summed E-state index contributed by atoms with van der Waals surface area (Å²) in [5.74, 6) is 0.456. The Morgan fingerprint density at radius 1 is 0.600 bits per heavy atom. The molecule has 0 heterocycles. The highest BCUT2D eigenvalue weighted by Crippen LogP contribution is 2.36. The van der Waals surface area contributed by atoms with Gasteiger partial charge in [0.05, 0.1) is 0 Å². The van der Waals surface area contributed by atoms with Gasteiger partial charge in [0.25, 0.3) is 0 Å². The van der Waals surface area contributed by atoms with Gasteiger partial charge < -0.3 is 29.4 Å².